The predicted molar refractivity (Wildman–Crippen MR) is 199 cm³/mol. The fraction of sp³-hybridized carbons (Fsp3) is 0.349. The monoisotopic (exact) mass is 636 g/mol. The molecule has 0 saturated heterocycles. The van der Waals surface area contributed by atoms with Crippen molar-refractivity contribution in [3.63, 3.8) is 0 Å². The second-order valence-electron chi connectivity index (χ2n) is 14.0. The second kappa shape index (κ2) is 13.1. The smallest absolute Gasteiger partial charge is 0.137 e. The quantitative estimate of drug-likeness (QED) is 0.148. The van der Waals surface area contributed by atoms with E-state index in [4.69, 9.17) is 14.8 Å². The highest BCUT2D eigenvalue weighted by atomic mass is 16.5. The van der Waals surface area contributed by atoms with Crippen molar-refractivity contribution in [3.8, 4) is 23.0 Å². The lowest BCUT2D eigenvalue weighted by molar-refractivity contribution is 0.398. The number of aryl methyl sites for hydroxylation is 2. The van der Waals surface area contributed by atoms with E-state index in [9.17, 15) is 0 Å². The molecule has 0 amide bonds. The number of para-hydroxylation sites is 1. The van der Waals surface area contributed by atoms with Crippen LogP contribution in [0.15, 0.2) is 90.6 Å². The van der Waals surface area contributed by atoms with Gasteiger partial charge in [-0.05, 0) is 105 Å². The maximum atomic E-state index is 6.75. The Morgan fingerprint density at radius 2 is 1.69 bits per heavy atom. The summed E-state index contributed by atoms with van der Waals surface area (Å²) >= 11 is 0. The summed E-state index contributed by atoms with van der Waals surface area (Å²) in [6.07, 6.45) is 10.1. The minimum absolute atomic E-state index is 0.336. The third kappa shape index (κ3) is 5.74. The van der Waals surface area contributed by atoms with Crippen LogP contribution in [0, 0.1) is 19.8 Å². The van der Waals surface area contributed by atoms with E-state index in [1.807, 2.05) is 6.20 Å². The van der Waals surface area contributed by atoms with Crippen molar-refractivity contribution in [2.24, 2.45) is 5.92 Å². The van der Waals surface area contributed by atoms with Gasteiger partial charge in [-0.15, -0.1) is 0 Å². The van der Waals surface area contributed by atoms with Crippen LogP contribution in [0.1, 0.15) is 100 Å². The number of ether oxygens (including phenoxy) is 1. The van der Waals surface area contributed by atoms with E-state index in [0.717, 1.165) is 52.6 Å². The van der Waals surface area contributed by atoms with Crippen molar-refractivity contribution in [3.05, 3.63) is 119 Å². The van der Waals surface area contributed by atoms with Crippen molar-refractivity contribution in [2.45, 2.75) is 92.4 Å². The highest BCUT2D eigenvalue weighted by Crippen LogP contribution is 2.43. The number of rotatable bonds is 9. The first-order chi connectivity index (χ1) is 23.3. The van der Waals surface area contributed by atoms with Gasteiger partial charge in [-0.25, -0.2) is 9.67 Å². The first-order valence-electron chi connectivity index (χ1n) is 17.8. The molecular formula is C43H48N4O. The minimum Gasteiger partial charge on any atom is -0.457 e. The van der Waals surface area contributed by atoms with Crippen LogP contribution in [-0.2, 0) is 6.42 Å². The van der Waals surface area contributed by atoms with Gasteiger partial charge in [0, 0.05) is 46.3 Å². The molecule has 1 aliphatic carbocycles. The standard InChI is InChI=1S/C43H48N4O/c1-8-13-31-20-21-44-41(22-31)46-39-17-11-10-16-37(39)38-19-18-35(26-40(38)46)48-36-24-33(27(3)4)23-34(25-36)47-30(7)43(29(6)45-47)42-28(5)14-12-15-32(42)9-2/h10-11,14,16-27,32,42H,8-9,12-13,15H2,1-7H3/t32?,42-/m0/s1. The first kappa shape index (κ1) is 31.9. The Balaban J connectivity index is 1.31. The maximum Gasteiger partial charge on any atom is 0.137 e. The van der Waals surface area contributed by atoms with E-state index in [0.29, 0.717) is 17.8 Å². The largest absolute Gasteiger partial charge is 0.457 e. The summed E-state index contributed by atoms with van der Waals surface area (Å²) in [7, 11) is 0. The van der Waals surface area contributed by atoms with Crippen LogP contribution >= 0.6 is 0 Å². The SMILES string of the molecule is CCCc1ccnc(-n2c3ccccc3c3ccc(Oc4cc(C(C)C)cc(-n5nc(C)c([C@H]6C(C)=CCCC6CC)c5C)c4)cc32)c1. The van der Waals surface area contributed by atoms with E-state index in [-0.39, 0.29) is 0 Å². The molecule has 5 nitrogen and oxygen atoms in total. The van der Waals surface area contributed by atoms with E-state index in [1.165, 1.54) is 58.0 Å². The molecule has 3 aromatic carbocycles. The van der Waals surface area contributed by atoms with Gasteiger partial charge >= 0.3 is 0 Å². The zero-order valence-corrected chi connectivity index (χ0v) is 29.5. The number of nitrogens with zero attached hydrogens (tertiary/aromatic N) is 4. The lowest BCUT2D eigenvalue weighted by Gasteiger charge is -2.31. The topological polar surface area (TPSA) is 44.9 Å². The predicted octanol–water partition coefficient (Wildman–Crippen LogP) is 11.7. The Hall–Kier alpha value is -4.64. The molecule has 0 bridgehead atoms. The lowest BCUT2D eigenvalue weighted by atomic mass is 9.73. The summed E-state index contributed by atoms with van der Waals surface area (Å²) in [5, 5.41) is 7.55. The molecule has 48 heavy (non-hydrogen) atoms. The Kier molecular flexibility index (Phi) is 8.72. The number of allylic oxidation sites excluding steroid dienone is 2. The van der Waals surface area contributed by atoms with E-state index in [2.05, 4.69) is 137 Å². The number of aromatic nitrogens is 4. The average Bonchev–Trinajstić information content (AvgIpc) is 3.57. The third-order valence-corrected chi connectivity index (χ3v) is 10.4. The van der Waals surface area contributed by atoms with Crippen LogP contribution in [0.3, 0.4) is 0 Å². The summed E-state index contributed by atoms with van der Waals surface area (Å²) in [6, 6.07) is 26.0. The first-order valence-corrected chi connectivity index (χ1v) is 17.8. The second-order valence-corrected chi connectivity index (χ2v) is 14.0. The molecule has 3 aromatic heterocycles. The molecule has 1 aliphatic rings. The maximum absolute atomic E-state index is 6.75. The molecule has 7 rings (SSSR count). The van der Waals surface area contributed by atoms with Gasteiger partial charge in [0.25, 0.3) is 0 Å². The summed E-state index contributed by atoms with van der Waals surface area (Å²) in [5.41, 5.74) is 11.0. The van der Waals surface area contributed by atoms with Gasteiger partial charge in [-0.3, -0.25) is 4.57 Å². The third-order valence-electron chi connectivity index (χ3n) is 10.4. The van der Waals surface area contributed by atoms with Gasteiger partial charge in [0.15, 0.2) is 0 Å². The molecular weight excluding hydrogens is 589 g/mol. The summed E-state index contributed by atoms with van der Waals surface area (Å²) in [6.45, 7) is 15.7. The molecule has 246 valence electrons. The van der Waals surface area contributed by atoms with Crippen molar-refractivity contribution >= 4 is 21.8 Å². The Bertz CT molecular complexity index is 2150. The molecule has 0 spiro atoms. The van der Waals surface area contributed by atoms with Crippen LogP contribution in [0.2, 0.25) is 0 Å². The Morgan fingerprint density at radius 3 is 2.48 bits per heavy atom. The number of fused-ring (bicyclic) bond motifs is 3. The van der Waals surface area contributed by atoms with Crippen LogP contribution in [-0.4, -0.2) is 19.3 Å². The van der Waals surface area contributed by atoms with Crippen molar-refractivity contribution < 1.29 is 4.74 Å². The zero-order chi connectivity index (χ0) is 33.5. The van der Waals surface area contributed by atoms with Crippen molar-refractivity contribution in [2.75, 3.05) is 0 Å². The number of hydrogen-bond donors (Lipinski definition) is 0. The molecule has 1 unspecified atom stereocenters. The van der Waals surface area contributed by atoms with Gasteiger partial charge < -0.3 is 4.74 Å². The molecule has 0 fully saturated rings. The fourth-order valence-corrected chi connectivity index (χ4v) is 7.99. The minimum atomic E-state index is 0.336. The number of pyridine rings is 1. The Morgan fingerprint density at radius 1 is 0.875 bits per heavy atom. The van der Waals surface area contributed by atoms with Gasteiger partial charge in [-0.2, -0.15) is 5.10 Å². The lowest BCUT2D eigenvalue weighted by Crippen LogP contribution is -2.18. The van der Waals surface area contributed by atoms with Crippen LogP contribution < -0.4 is 4.74 Å². The Labute approximate surface area is 285 Å². The molecule has 0 radical (unpaired) electrons. The molecule has 5 heteroatoms. The van der Waals surface area contributed by atoms with Crippen molar-refractivity contribution in [1.82, 2.24) is 19.3 Å². The van der Waals surface area contributed by atoms with Gasteiger partial charge in [0.05, 0.1) is 22.4 Å². The molecule has 3 heterocycles. The molecule has 0 N–H and O–H groups in total. The number of hydrogen-bond acceptors (Lipinski definition) is 3. The van der Waals surface area contributed by atoms with E-state index in [1.54, 1.807) is 0 Å². The summed E-state index contributed by atoms with van der Waals surface area (Å²) in [5.74, 6) is 3.96. The highest BCUT2D eigenvalue weighted by molar-refractivity contribution is 6.09. The summed E-state index contributed by atoms with van der Waals surface area (Å²) < 4.78 is 11.2. The van der Waals surface area contributed by atoms with Gasteiger partial charge in [0.1, 0.15) is 17.3 Å². The van der Waals surface area contributed by atoms with Crippen LogP contribution in [0.4, 0.5) is 0 Å². The fourth-order valence-electron chi connectivity index (χ4n) is 7.99. The van der Waals surface area contributed by atoms with Gasteiger partial charge in [0.2, 0.25) is 0 Å². The highest BCUT2D eigenvalue weighted by Gasteiger charge is 2.31. The van der Waals surface area contributed by atoms with E-state index < -0.39 is 0 Å². The summed E-state index contributed by atoms with van der Waals surface area (Å²) in [4.78, 5) is 4.83. The number of benzene rings is 3. The zero-order valence-electron chi connectivity index (χ0n) is 29.5. The van der Waals surface area contributed by atoms with Gasteiger partial charge in [-0.1, -0.05) is 70.4 Å². The average molecular weight is 637 g/mol. The van der Waals surface area contributed by atoms with Crippen LogP contribution in [0.25, 0.3) is 33.3 Å². The molecule has 2 atom stereocenters. The van der Waals surface area contributed by atoms with Crippen LogP contribution in [0.5, 0.6) is 11.5 Å². The molecule has 6 aromatic rings. The van der Waals surface area contributed by atoms with Crippen molar-refractivity contribution in [1.29, 1.82) is 0 Å². The normalized spacial score (nSPS) is 16.6. The molecule has 0 saturated carbocycles. The van der Waals surface area contributed by atoms with E-state index >= 15 is 0 Å². The molecule has 0 aliphatic heterocycles.